The number of amides is 2. The Morgan fingerprint density at radius 2 is 1.75 bits per heavy atom. The minimum Gasteiger partial charge on any atom is -0.366 e. The summed E-state index contributed by atoms with van der Waals surface area (Å²) in [4.78, 5) is 50.3. The van der Waals surface area contributed by atoms with Crippen molar-refractivity contribution in [1.29, 1.82) is 0 Å². The van der Waals surface area contributed by atoms with Gasteiger partial charge in [0, 0.05) is 63.1 Å². The molecule has 5 rings (SSSR count). The predicted molar refractivity (Wildman–Crippen MR) is 136 cm³/mol. The van der Waals surface area contributed by atoms with Crippen LogP contribution in [-0.2, 0) is 9.59 Å². The first-order chi connectivity index (χ1) is 17.7. The molecule has 0 bridgehead atoms. The third-order valence-corrected chi connectivity index (χ3v) is 6.88. The van der Waals surface area contributed by atoms with Crippen molar-refractivity contribution in [3.05, 3.63) is 89.8 Å². The van der Waals surface area contributed by atoms with Gasteiger partial charge in [-0.2, -0.15) is 0 Å². The highest BCUT2D eigenvalue weighted by Gasteiger charge is 2.34. The number of aldehydes is 1. The van der Waals surface area contributed by atoms with Gasteiger partial charge in [0.2, 0.25) is 0 Å². The molecule has 0 N–H and O–H groups in total. The molecule has 8 heteroatoms. The highest BCUT2D eigenvalue weighted by molar-refractivity contribution is 6.07. The van der Waals surface area contributed by atoms with E-state index in [9.17, 15) is 14.4 Å². The number of hydrogen-bond acceptors (Lipinski definition) is 6. The van der Waals surface area contributed by atoms with Crippen molar-refractivity contribution < 1.29 is 14.4 Å². The topological polar surface area (TPSA) is 77.1 Å². The summed E-state index contributed by atoms with van der Waals surface area (Å²) in [6.07, 6.45) is 7.84. The van der Waals surface area contributed by atoms with E-state index in [1.165, 1.54) is 0 Å². The van der Waals surface area contributed by atoms with Crippen molar-refractivity contribution in [2.45, 2.75) is 12.8 Å². The van der Waals surface area contributed by atoms with Crippen LogP contribution in [0.5, 0.6) is 0 Å². The van der Waals surface area contributed by atoms with Gasteiger partial charge in [0.15, 0.2) is 0 Å². The molecule has 1 aromatic heterocycles. The highest BCUT2D eigenvalue weighted by atomic mass is 16.2. The fraction of sp³-hybridized carbons (Fsp3) is 0.321. The van der Waals surface area contributed by atoms with Gasteiger partial charge in [0.1, 0.15) is 17.7 Å². The van der Waals surface area contributed by atoms with Gasteiger partial charge < -0.3 is 19.5 Å². The number of carbonyl (C=O) groups excluding carboxylic acids is 3. The van der Waals surface area contributed by atoms with E-state index in [0.717, 1.165) is 30.5 Å². The lowest BCUT2D eigenvalue weighted by atomic mass is 9.98. The summed E-state index contributed by atoms with van der Waals surface area (Å²) < 4.78 is 0. The lowest BCUT2D eigenvalue weighted by Crippen LogP contribution is -2.50. The van der Waals surface area contributed by atoms with Crippen LogP contribution in [0.3, 0.4) is 0 Å². The number of nitrogens with zero attached hydrogens (tertiary/aromatic N) is 5. The van der Waals surface area contributed by atoms with E-state index in [0.29, 0.717) is 50.7 Å². The number of aromatic nitrogens is 1. The molecule has 4 heterocycles. The van der Waals surface area contributed by atoms with E-state index in [1.807, 2.05) is 42.5 Å². The van der Waals surface area contributed by atoms with Crippen LogP contribution in [0.25, 0.3) is 0 Å². The average Bonchev–Trinajstić information content (AvgIpc) is 3.12. The number of piperidine rings is 1. The van der Waals surface area contributed by atoms with Gasteiger partial charge in [-0.25, -0.2) is 0 Å². The van der Waals surface area contributed by atoms with Crippen molar-refractivity contribution in [3.63, 3.8) is 0 Å². The Morgan fingerprint density at radius 3 is 2.47 bits per heavy atom. The summed E-state index contributed by atoms with van der Waals surface area (Å²) in [6.45, 7) is 3.44. The summed E-state index contributed by atoms with van der Waals surface area (Å²) >= 11 is 0. The van der Waals surface area contributed by atoms with E-state index in [4.69, 9.17) is 0 Å². The van der Waals surface area contributed by atoms with Crippen molar-refractivity contribution in [1.82, 2.24) is 19.7 Å². The quantitative estimate of drug-likeness (QED) is 0.481. The molecule has 3 aliphatic rings. The first-order valence-corrected chi connectivity index (χ1v) is 12.4. The molecule has 2 amide bonds. The molecule has 184 valence electrons. The van der Waals surface area contributed by atoms with E-state index in [-0.39, 0.29) is 17.7 Å². The Hall–Kier alpha value is -4.16. The Labute approximate surface area is 210 Å². The summed E-state index contributed by atoms with van der Waals surface area (Å²) in [5, 5.41) is 0. The lowest BCUT2D eigenvalue weighted by Gasteiger charge is -2.40. The van der Waals surface area contributed by atoms with Crippen LogP contribution < -0.4 is 4.90 Å². The van der Waals surface area contributed by atoms with Gasteiger partial charge in [-0.05, 0) is 37.1 Å². The summed E-state index contributed by atoms with van der Waals surface area (Å²) in [6, 6.07) is 14.8. The number of likely N-dealkylation sites (tertiary alicyclic amines) is 1. The number of carbonyl (C=O) groups is 3. The van der Waals surface area contributed by atoms with E-state index >= 15 is 0 Å². The smallest absolute Gasteiger partial charge is 0.281 e. The molecule has 36 heavy (non-hydrogen) atoms. The molecule has 8 nitrogen and oxygen atoms in total. The number of pyridine rings is 1. The van der Waals surface area contributed by atoms with Crippen LogP contribution in [0, 0.1) is 5.92 Å². The second-order valence-electron chi connectivity index (χ2n) is 9.16. The maximum atomic E-state index is 14.0. The second kappa shape index (κ2) is 10.6. The average molecular weight is 484 g/mol. The number of hydrogen-bond donors (Lipinski definition) is 0. The van der Waals surface area contributed by atoms with Gasteiger partial charge >= 0.3 is 0 Å². The van der Waals surface area contributed by atoms with Gasteiger partial charge in [-0.1, -0.05) is 24.3 Å². The number of piperazine rings is 1. The molecule has 2 aromatic rings. The third-order valence-electron chi connectivity index (χ3n) is 6.88. The van der Waals surface area contributed by atoms with Crippen LogP contribution in [0.1, 0.15) is 23.3 Å². The number of benzene rings is 1. The molecule has 0 spiro atoms. The molecule has 0 radical (unpaired) electrons. The molecule has 3 aliphatic heterocycles. The van der Waals surface area contributed by atoms with Crippen LogP contribution in [0.2, 0.25) is 0 Å². The number of anilines is 1. The molecule has 0 saturated carbocycles. The first-order valence-electron chi connectivity index (χ1n) is 12.4. The Bertz CT molecular complexity index is 1210. The standard InChI is InChI=1S/C28H29N5O3/c34-21-22-8-6-14-32(20-22)26-25(12-7-15-33(28(26)36)23-9-2-1-3-10-23)30-16-18-31(19-17-30)27(35)24-11-4-5-13-29-24/h1-5,9-13,15,21-22H,6,8,14,16-20H2. The zero-order chi connectivity index (χ0) is 24.9. The van der Waals surface area contributed by atoms with E-state index < -0.39 is 0 Å². The first kappa shape index (κ1) is 23.6. The van der Waals surface area contributed by atoms with Crippen molar-refractivity contribution in [3.8, 4) is 0 Å². The highest BCUT2D eigenvalue weighted by Crippen LogP contribution is 2.29. The normalized spacial score (nSPS) is 20.6. The van der Waals surface area contributed by atoms with E-state index in [2.05, 4.69) is 20.5 Å². The Morgan fingerprint density at radius 1 is 0.972 bits per heavy atom. The fourth-order valence-electron chi connectivity index (χ4n) is 4.99. The van der Waals surface area contributed by atoms with Crippen molar-refractivity contribution in [2.24, 2.45) is 5.92 Å². The molecule has 1 aromatic carbocycles. The molecule has 1 atom stereocenters. The third kappa shape index (κ3) is 4.81. The zero-order valence-electron chi connectivity index (χ0n) is 20.1. The molecular weight excluding hydrogens is 454 g/mol. The Kier molecular flexibility index (Phi) is 6.96. The van der Waals surface area contributed by atoms with Gasteiger partial charge in [0.05, 0.1) is 11.9 Å². The molecule has 0 aliphatic carbocycles. The van der Waals surface area contributed by atoms with Crippen LogP contribution in [0.15, 0.2) is 84.1 Å². The largest absolute Gasteiger partial charge is 0.366 e. The monoisotopic (exact) mass is 483 g/mol. The van der Waals surface area contributed by atoms with Crippen LogP contribution >= 0.6 is 0 Å². The van der Waals surface area contributed by atoms with Gasteiger partial charge in [-0.15, -0.1) is 5.73 Å². The van der Waals surface area contributed by atoms with Gasteiger partial charge in [-0.3, -0.25) is 19.5 Å². The number of rotatable bonds is 5. The fourth-order valence-corrected chi connectivity index (χ4v) is 4.99. The molecule has 2 fully saturated rings. The van der Waals surface area contributed by atoms with Crippen molar-refractivity contribution in [2.75, 3.05) is 44.2 Å². The minimum absolute atomic E-state index is 0.0862. The number of allylic oxidation sites excluding steroid dienone is 1. The second-order valence-corrected chi connectivity index (χ2v) is 9.16. The SMILES string of the molecule is O=CC1CCCN(C2=C(N3CCN(C(=O)c4ccccn4)CC3)C=C=CN(c3ccccc3)C2=O)C1. The predicted octanol–water partition coefficient (Wildman–Crippen LogP) is 2.68. The maximum absolute atomic E-state index is 14.0. The lowest BCUT2D eigenvalue weighted by molar-refractivity contribution is -0.117. The summed E-state index contributed by atoms with van der Waals surface area (Å²) in [7, 11) is 0. The molecular formula is C28H29N5O3. The van der Waals surface area contributed by atoms with Crippen LogP contribution in [0.4, 0.5) is 5.69 Å². The van der Waals surface area contributed by atoms with Gasteiger partial charge in [0.25, 0.3) is 11.8 Å². The maximum Gasteiger partial charge on any atom is 0.281 e. The minimum atomic E-state index is -0.143. The summed E-state index contributed by atoms with van der Waals surface area (Å²) in [5.41, 5.74) is 5.76. The molecule has 1 unspecified atom stereocenters. The van der Waals surface area contributed by atoms with Crippen molar-refractivity contribution >= 4 is 23.8 Å². The Balaban J connectivity index is 1.44. The molecule has 2 saturated heterocycles. The summed E-state index contributed by atoms with van der Waals surface area (Å²) in [5.74, 6) is -0.327. The number of para-hydroxylation sites is 1. The van der Waals surface area contributed by atoms with Crippen LogP contribution in [-0.4, -0.2) is 77.1 Å². The zero-order valence-corrected chi connectivity index (χ0v) is 20.1. The van der Waals surface area contributed by atoms with E-state index in [1.54, 1.807) is 34.3 Å².